The lowest BCUT2D eigenvalue weighted by Crippen LogP contribution is -2.19. The molecule has 4 heteroatoms. The summed E-state index contributed by atoms with van der Waals surface area (Å²) in [6.45, 7) is 4.87. The van der Waals surface area contributed by atoms with Crippen LogP contribution in [0.4, 0.5) is 4.79 Å². The van der Waals surface area contributed by atoms with E-state index >= 15 is 0 Å². The number of hydrogen-bond donors (Lipinski definition) is 0. The van der Waals surface area contributed by atoms with Gasteiger partial charge in [0.2, 0.25) is 0 Å². The third-order valence-electron chi connectivity index (χ3n) is 3.77. The van der Waals surface area contributed by atoms with E-state index in [2.05, 4.69) is 29.8 Å². The van der Waals surface area contributed by atoms with Gasteiger partial charge < -0.3 is 9.47 Å². The summed E-state index contributed by atoms with van der Waals surface area (Å²) < 4.78 is 10.7. The van der Waals surface area contributed by atoms with Crippen molar-refractivity contribution < 1.29 is 14.3 Å². The molecule has 0 fully saturated rings. The summed E-state index contributed by atoms with van der Waals surface area (Å²) in [5.74, 6) is 0. The number of hydrogen-bond acceptors (Lipinski definition) is 3. The summed E-state index contributed by atoms with van der Waals surface area (Å²) in [5.41, 5.74) is 0. The summed E-state index contributed by atoms with van der Waals surface area (Å²) in [6.07, 6.45) is 13.0. The lowest BCUT2D eigenvalue weighted by atomic mass is 10.0. The SMILES string of the molecule is CCCCCC(CCCCC)OC(=O)OCCCCCCBr. The van der Waals surface area contributed by atoms with Crippen LogP contribution in [0, 0.1) is 0 Å². The maximum absolute atomic E-state index is 11.8. The molecule has 0 aliphatic carbocycles. The lowest BCUT2D eigenvalue weighted by Gasteiger charge is -2.17. The van der Waals surface area contributed by atoms with Crippen molar-refractivity contribution >= 4 is 22.1 Å². The van der Waals surface area contributed by atoms with Crippen molar-refractivity contribution in [2.75, 3.05) is 11.9 Å². The summed E-state index contributed by atoms with van der Waals surface area (Å²) in [5, 5.41) is 1.05. The van der Waals surface area contributed by atoms with Crippen molar-refractivity contribution in [1.82, 2.24) is 0 Å². The van der Waals surface area contributed by atoms with Crippen molar-refractivity contribution in [3.8, 4) is 0 Å². The van der Waals surface area contributed by atoms with Gasteiger partial charge in [-0.1, -0.05) is 68.3 Å². The second-order valence-corrected chi connectivity index (χ2v) is 6.73. The Morgan fingerprint density at radius 1 is 0.864 bits per heavy atom. The van der Waals surface area contributed by atoms with Crippen molar-refractivity contribution in [2.24, 2.45) is 0 Å². The van der Waals surface area contributed by atoms with Crippen LogP contribution < -0.4 is 0 Å². The van der Waals surface area contributed by atoms with Crippen LogP contribution in [0.3, 0.4) is 0 Å². The molecule has 0 radical (unpaired) electrons. The Balaban J connectivity index is 3.81. The molecular weight excluding hydrogens is 344 g/mol. The fraction of sp³-hybridized carbons (Fsp3) is 0.944. The second-order valence-electron chi connectivity index (χ2n) is 5.93. The highest BCUT2D eigenvalue weighted by atomic mass is 79.9. The maximum atomic E-state index is 11.8. The third kappa shape index (κ3) is 14.7. The standard InChI is InChI=1S/C18H35BrO3/c1-3-5-9-13-17(14-10-6-4-2)22-18(20)21-16-12-8-7-11-15-19/h17H,3-16H2,1-2H3. The molecule has 0 aliphatic heterocycles. The minimum atomic E-state index is -0.474. The molecule has 0 heterocycles. The molecule has 0 N–H and O–H groups in total. The number of carbonyl (C=O) groups is 1. The van der Waals surface area contributed by atoms with Gasteiger partial charge >= 0.3 is 6.16 Å². The van der Waals surface area contributed by atoms with Gasteiger partial charge in [-0.15, -0.1) is 0 Å². The molecule has 0 aromatic heterocycles. The molecule has 0 unspecified atom stereocenters. The first-order chi connectivity index (χ1) is 10.7. The number of unbranched alkanes of at least 4 members (excludes halogenated alkanes) is 7. The summed E-state index contributed by atoms with van der Waals surface area (Å²) in [6, 6.07) is 0. The summed E-state index contributed by atoms with van der Waals surface area (Å²) in [4.78, 5) is 11.8. The molecule has 0 bridgehead atoms. The fourth-order valence-electron chi connectivity index (χ4n) is 2.38. The zero-order valence-corrected chi connectivity index (χ0v) is 16.2. The van der Waals surface area contributed by atoms with E-state index in [4.69, 9.17) is 9.47 Å². The average molecular weight is 379 g/mol. The van der Waals surface area contributed by atoms with Crippen molar-refractivity contribution in [2.45, 2.75) is 97.0 Å². The topological polar surface area (TPSA) is 35.5 Å². The minimum Gasteiger partial charge on any atom is -0.434 e. The van der Waals surface area contributed by atoms with Gasteiger partial charge in [-0.25, -0.2) is 4.79 Å². The molecular formula is C18H35BrO3. The number of halogens is 1. The van der Waals surface area contributed by atoms with E-state index in [0.29, 0.717) is 6.61 Å². The van der Waals surface area contributed by atoms with Crippen LogP contribution in [0.25, 0.3) is 0 Å². The Bertz CT molecular complexity index is 236. The van der Waals surface area contributed by atoms with Gasteiger partial charge in [-0.2, -0.15) is 0 Å². The molecule has 0 atom stereocenters. The molecule has 0 saturated heterocycles. The van der Waals surface area contributed by atoms with Crippen molar-refractivity contribution in [3.63, 3.8) is 0 Å². The number of carbonyl (C=O) groups excluding carboxylic acids is 1. The van der Waals surface area contributed by atoms with E-state index in [1.54, 1.807) is 0 Å². The number of ether oxygens (including phenoxy) is 2. The Hall–Kier alpha value is -0.250. The molecule has 0 spiro atoms. The van der Waals surface area contributed by atoms with Crippen LogP contribution in [-0.4, -0.2) is 24.2 Å². The molecule has 0 amide bonds. The Labute approximate surface area is 145 Å². The van der Waals surface area contributed by atoms with Gasteiger partial charge in [0.25, 0.3) is 0 Å². The first-order valence-corrected chi connectivity index (χ1v) is 10.3. The van der Waals surface area contributed by atoms with E-state index in [9.17, 15) is 4.79 Å². The van der Waals surface area contributed by atoms with E-state index in [0.717, 1.165) is 43.9 Å². The van der Waals surface area contributed by atoms with Crippen LogP contribution in [0.1, 0.15) is 90.9 Å². The predicted molar refractivity (Wildman–Crippen MR) is 96.8 cm³/mol. The Morgan fingerprint density at radius 3 is 2.00 bits per heavy atom. The fourth-order valence-corrected chi connectivity index (χ4v) is 2.78. The zero-order chi connectivity index (χ0) is 16.5. The van der Waals surface area contributed by atoms with Crippen LogP contribution in [0.5, 0.6) is 0 Å². The second kappa shape index (κ2) is 17.1. The third-order valence-corrected chi connectivity index (χ3v) is 4.33. The highest BCUT2D eigenvalue weighted by Gasteiger charge is 2.14. The van der Waals surface area contributed by atoms with Gasteiger partial charge in [0.1, 0.15) is 6.10 Å². The van der Waals surface area contributed by atoms with Crippen LogP contribution in [0.15, 0.2) is 0 Å². The van der Waals surface area contributed by atoms with E-state index in [-0.39, 0.29) is 6.10 Å². The number of alkyl halides is 1. The molecule has 22 heavy (non-hydrogen) atoms. The minimum absolute atomic E-state index is 0.0407. The van der Waals surface area contributed by atoms with Gasteiger partial charge in [0.15, 0.2) is 0 Å². The molecule has 0 saturated carbocycles. The van der Waals surface area contributed by atoms with Crippen molar-refractivity contribution in [3.05, 3.63) is 0 Å². The number of rotatable bonds is 15. The van der Waals surface area contributed by atoms with E-state index in [1.165, 1.54) is 38.5 Å². The maximum Gasteiger partial charge on any atom is 0.508 e. The zero-order valence-electron chi connectivity index (χ0n) is 14.6. The molecule has 0 aromatic rings. The normalized spacial score (nSPS) is 10.9. The lowest BCUT2D eigenvalue weighted by molar-refractivity contribution is 0.0155. The molecule has 0 aliphatic rings. The van der Waals surface area contributed by atoms with Gasteiger partial charge in [0, 0.05) is 5.33 Å². The van der Waals surface area contributed by atoms with Crippen LogP contribution >= 0.6 is 15.9 Å². The highest BCUT2D eigenvalue weighted by Crippen LogP contribution is 2.15. The largest absolute Gasteiger partial charge is 0.508 e. The van der Waals surface area contributed by atoms with Crippen molar-refractivity contribution in [1.29, 1.82) is 0 Å². The first-order valence-electron chi connectivity index (χ1n) is 9.13. The first kappa shape index (κ1) is 21.8. The monoisotopic (exact) mass is 378 g/mol. The van der Waals surface area contributed by atoms with Crippen LogP contribution in [-0.2, 0) is 9.47 Å². The summed E-state index contributed by atoms with van der Waals surface area (Å²) in [7, 11) is 0. The Kier molecular flexibility index (Phi) is 16.9. The van der Waals surface area contributed by atoms with E-state index in [1.807, 2.05) is 0 Å². The quantitative estimate of drug-likeness (QED) is 0.182. The average Bonchev–Trinajstić information content (AvgIpc) is 2.51. The molecule has 0 rings (SSSR count). The highest BCUT2D eigenvalue weighted by molar-refractivity contribution is 9.09. The smallest absolute Gasteiger partial charge is 0.434 e. The van der Waals surface area contributed by atoms with Crippen LogP contribution in [0.2, 0.25) is 0 Å². The predicted octanol–water partition coefficient (Wildman–Crippen LogP) is 6.62. The summed E-state index contributed by atoms with van der Waals surface area (Å²) >= 11 is 3.41. The molecule has 3 nitrogen and oxygen atoms in total. The molecule has 132 valence electrons. The molecule has 0 aromatic carbocycles. The van der Waals surface area contributed by atoms with Gasteiger partial charge in [-0.05, 0) is 38.5 Å². The van der Waals surface area contributed by atoms with Gasteiger partial charge in [-0.3, -0.25) is 0 Å². The Morgan fingerprint density at radius 2 is 1.45 bits per heavy atom. The van der Waals surface area contributed by atoms with E-state index < -0.39 is 6.16 Å². The van der Waals surface area contributed by atoms with Gasteiger partial charge in [0.05, 0.1) is 6.61 Å².